The molecule has 0 saturated carbocycles. The number of benzene rings is 2. The molecule has 0 aliphatic heterocycles. The standard InChI is InChI=1S/C24H30BrClN2O3/c1-4-6-12-27-24(30)21(5-2)28(15-18-9-7-8-17(3)13-18)23(29)16-31-22-11-10-19(25)14-20(22)26/h7-11,13-14,21H,4-6,12,15-16H2,1-3H3,(H,27,30)/t21-/m0/s1. The van der Waals surface area contributed by atoms with Crippen LogP contribution in [0, 0.1) is 6.92 Å². The van der Waals surface area contributed by atoms with E-state index in [1.807, 2.05) is 38.1 Å². The number of nitrogens with zero attached hydrogens (tertiary/aromatic N) is 1. The van der Waals surface area contributed by atoms with Gasteiger partial charge in [0, 0.05) is 17.6 Å². The number of ether oxygens (including phenoxy) is 1. The number of rotatable bonds is 11. The molecule has 0 heterocycles. The van der Waals surface area contributed by atoms with Gasteiger partial charge in [0.25, 0.3) is 5.91 Å². The van der Waals surface area contributed by atoms with Gasteiger partial charge in [-0.05, 0) is 43.5 Å². The van der Waals surface area contributed by atoms with Crippen LogP contribution in [0.2, 0.25) is 5.02 Å². The lowest BCUT2D eigenvalue weighted by atomic mass is 10.1. The van der Waals surface area contributed by atoms with E-state index in [-0.39, 0.29) is 18.4 Å². The van der Waals surface area contributed by atoms with Gasteiger partial charge in [0.1, 0.15) is 11.8 Å². The molecule has 7 heteroatoms. The van der Waals surface area contributed by atoms with E-state index in [0.29, 0.717) is 30.3 Å². The highest BCUT2D eigenvalue weighted by Crippen LogP contribution is 2.28. The zero-order valence-corrected chi connectivity index (χ0v) is 20.6. The smallest absolute Gasteiger partial charge is 0.261 e. The Morgan fingerprint density at radius 2 is 1.97 bits per heavy atom. The maximum atomic E-state index is 13.2. The Balaban J connectivity index is 2.19. The van der Waals surface area contributed by atoms with Crippen LogP contribution < -0.4 is 10.1 Å². The third-order valence-corrected chi connectivity index (χ3v) is 5.68. The van der Waals surface area contributed by atoms with Crippen molar-refractivity contribution in [2.45, 2.75) is 52.6 Å². The quantitative estimate of drug-likeness (QED) is 0.406. The van der Waals surface area contributed by atoms with Gasteiger partial charge in [-0.3, -0.25) is 9.59 Å². The maximum absolute atomic E-state index is 13.2. The topological polar surface area (TPSA) is 58.6 Å². The largest absolute Gasteiger partial charge is 0.482 e. The van der Waals surface area contributed by atoms with Crippen molar-refractivity contribution in [1.82, 2.24) is 10.2 Å². The number of carbonyl (C=O) groups is 2. The monoisotopic (exact) mass is 508 g/mol. The van der Waals surface area contributed by atoms with E-state index in [9.17, 15) is 9.59 Å². The molecule has 0 saturated heterocycles. The molecule has 0 radical (unpaired) electrons. The summed E-state index contributed by atoms with van der Waals surface area (Å²) in [5, 5.41) is 3.37. The summed E-state index contributed by atoms with van der Waals surface area (Å²) in [6.07, 6.45) is 2.40. The second-order valence-corrected chi connectivity index (χ2v) is 8.77. The van der Waals surface area contributed by atoms with E-state index in [1.54, 1.807) is 23.1 Å². The molecule has 1 N–H and O–H groups in total. The summed E-state index contributed by atoms with van der Waals surface area (Å²) >= 11 is 9.56. The third kappa shape index (κ3) is 7.86. The Labute approximate surface area is 198 Å². The summed E-state index contributed by atoms with van der Waals surface area (Å²) in [5.74, 6) is 0.0192. The van der Waals surface area contributed by atoms with Crippen molar-refractivity contribution in [2.24, 2.45) is 0 Å². The fourth-order valence-corrected chi connectivity index (χ4v) is 3.98. The summed E-state index contributed by atoms with van der Waals surface area (Å²) in [4.78, 5) is 27.6. The van der Waals surface area contributed by atoms with Gasteiger partial charge in [0.15, 0.2) is 6.61 Å². The van der Waals surface area contributed by atoms with Gasteiger partial charge >= 0.3 is 0 Å². The number of aryl methyl sites for hydroxylation is 1. The first-order valence-corrected chi connectivity index (χ1v) is 11.7. The lowest BCUT2D eigenvalue weighted by Crippen LogP contribution is -2.50. The van der Waals surface area contributed by atoms with Crippen LogP contribution in [0.25, 0.3) is 0 Å². The van der Waals surface area contributed by atoms with Crippen LogP contribution in [0.4, 0.5) is 0 Å². The van der Waals surface area contributed by atoms with Crippen molar-refractivity contribution in [3.63, 3.8) is 0 Å². The molecular formula is C24H30BrClN2O3. The molecule has 5 nitrogen and oxygen atoms in total. The first-order valence-electron chi connectivity index (χ1n) is 10.6. The van der Waals surface area contributed by atoms with Gasteiger partial charge in [-0.25, -0.2) is 0 Å². The molecule has 1 atom stereocenters. The molecule has 2 aromatic carbocycles. The average molecular weight is 510 g/mol. The summed E-state index contributed by atoms with van der Waals surface area (Å²) in [7, 11) is 0. The summed E-state index contributed by atoms with van der Waals surface area (Å²) in [6, 6.07) is 12.6. The average Bonchev–Trinajstić information content (AvgIpc) is 2.73. The molecule has 2 aromatic rings. The van der Waals surface area contributed by atoms with Crippen molar-refractivity contribution in [2.75, 3.05) is 13.2 Å². The Bertz CT molecular complexity index is 891. The van der Waals surface area contributed by atoms with Crippen LogP contribution >= 0.6 is 27.5 Å². The van der Waals surface area contributed by atoms with E-state index in [0.717, 1.165) is 28.4 Å². The molecule has 0 aromatic heterocycles. The summed E-state index contributed by atoms with van der Waals surface area (Å²) < 4.78 is 6.52. The molecule has 168 valence electrons. The van der Waals surface area contributed by atoms with Crippen molar-refractivity contribution >= 4 is 39.3 Å². The first kappa shape index (κ1) is 25.2. The molecule has 0 spiro atoms. The van der Waals surface area contributed by atoms with Crippen LogP contribution in [0.5, 0.6) is 5.75 Å². The van der Waals surface area contributed by atoms with Crippen molar-refractivity contribution in [3.05, 3.63) is 63.1 Å². The summed E-state index contributed by atoms with van der Waals surface area (Å²) in [6.45, 7) is 6.71. The van der Waals surface area contributed by atoms with Crippen molar-refractivity contribution in [1.29, 1.82) is 0 Å². The number of carbonyl (C=O) groups excluding carboxylic acids is 2. The molecule has 0 aliphatic rings. The van der Waals surface area contributed by atoms with Crippen LogP contribution in [0.3, 0.4) is 0 Å². The van der Waals surface area contributed by atoms with Gasteiger partial charge in [0.05, 0.1) is 5.02 Å². The first-order chi connectivity index (χ1) is 14.8. The van der Waals surface area contributed by atoms with E-state index in [2.05, 4.69) is 28.2 Å². The summed E-state index contributed by atoms with van der Waals surface area (Å²) in [5.41, 5.74) is 2.07. The highest BCUT2D eigenvalue weighted by Gasteiger charge is 2.29. The molecule has 0 aliphatic carbocycles. The minimum atomic E-state index is -0.575. The van der Waals surface area contributed by atoms with Crippen LogP contribution in [-0.2, 0) is 16.1 Å². The number of hydrogen-bond donors (Lipinski definition) is 1. The normalized spacial score (nSPS) is 11.6. The predicted octanol–water partition coefficient (Wildman–Crippen LogP) is 5.51. The minimum absolute atomic E-state index is 0.140. The Kier molecular flexibility index (Phi) is 10.3. The predicted molar refractivity (Wildman–Crippen MR) is 128 cm³/mol. The van der Waals surface area contributed by atoms with E-state index in [1.165, 1.54) is 0 Å². The Morgan fingerprint density at radius 1 is 1.19 bits per heavy atom. The van der Waals surface area contributed by atoms with Crippen molar-refractivity contribution in [3.8, 4) is 5.75 Å². The lowest BCUT2D eigenvalue weighted by molar-refractivity contribution is -0.143. The molecule has 31 heavy (non-hydrogen) atoms. The molecule has 2 rings (SSSR count). The van der Waals surface area contributed by atoms with Crippen molar-refractivity contribution < 1.29 is 14.3 Å². The molecule has 0 bridgehead atoms. The molecule has 2 amide bonds. The zero-order chi connectivity index (χ0) is 22.8. The van der Waals surface area contributed by atoms with Gasteiger partial charge in [-0.15, -0.1) is 0 Å². The second-order valence-electron chi connectivity index (χ2n) is 7.44. The maximum Gasteiger partial charge on any atom is 0.261 e. The van der Waals surface area contributed by atoms with Gasteiger partial charge < -0.3 is 15.0 Å². The van der Waals surface area contributed by atoms with Crippen LogP contribution in [0.15, 0.2) is 46.9 Å². The molecule has 0 unspecified atom stereocenters. The number of halogens is 2. The van der Waals surface area contributed by atoms with E-state index in [4.69, 9.17) is 16.3 Å². The number of hydrogen-bond acceptors (Lipinski definition) is 3. The SMILES string of the molecule is CCCCNC(=O)[C@H](CC)N(Cc1cccc(C)c1)C(=O)COc1ccc(Br)cc1Cl. The fourth-order valence-electron chi connectivity index (χ4n) is 3.25. The van der Waals surface area contributed by atoms with E-state index >= 15 is 0 Å². The fraction of sp³-hybridized carbons (Fsp3) is 0.417. The van der Waals surface area contributed by atoms with Crippen LogP contribution in [0.1, 0.15) is 44.2 Å². The zero-order valence-electron chi connectivity index (χ0n) is 18.3. The minimum Gasteiger partial charge on any atom is -0.482 e. The van der Waals surface area contributed by atoms with Crippen LogP contribution in [-0.4, -0.2) is 35.9 Å². The van der Waals surface area contributed by atoms with Gasteiger partial charge in [-0.2, -0.15) is 0 Å². The molecular weight excluding hydrogens is 480 g/mol. The second kappa shape index (κ2) is 12.7. The Hall–Kier alpha value is -2.05. The van der Waals surface area contributed by atoms with E-state index < -0.39 is 6.04 Å². The number of nitrogens with one attached hydrogen (secondary N) is 1. The number of unbranched alkanes of at least 4 members (excludes halogenated alkanes) is 1. The van der Waals surface area contributed by atoms with Gasteiger partial charge in [-0.1, -0.05) is 77.6 Å². The lowest BCUT2D eigenvalue weighted by Gasteiger charge is -2.30. The number of amides is 2. The highest BCUT2D eigenvalue weighted by atomic mass is 79.9. The Morgan fingerprint density at radius 3 is 2.61 bits per heavy atom. The highest BCUT2D eigenvalue weighted by molar-refractivity contribution is 9.10. The third-order valence-electron chi connectivity index (χ3n) is 4.90. The molecule has 0 fully saturated rings. The van der Waals surface area contributed by atoms with Gasteiger partial charge in [0.2, 0.25) is 5.91 Å².